The van der Waals surface area contributed by atoms with E-state index in [1.807, 2.05) is 0 Å². The third-order valence-electron chi connectivity index (χ3n) is 2.66. The van der Waals surface area contributed by atoms with Crippen LogP contribution in [0.15, 0.2) is 53.7 Å². The highest BCUT2D eigenvalue weighted by atomic mass is 32.2. The molecular weight excluding hydrogens is 286 g/mol. The molecule has 20 heavy (non-hydrogen) atoms. The van der Waals surface area contributed by atoms with Crippen molar-refractivity contribution in [2.24, 2.45) is 0 Å². The average molecular weight is 298 g/mol. The first kappa shape index (κ1) is 14.4. The van der Waals surface area contributed by atoms with Gasteiger partial charge < -0.3 is 5.73 Å². The summed E-state index contributed by atoms with van der Waals surface area (Å²) in [4.78, 5) is 3.58. The Bertz CT molecular complexity index is 703. The molecule has 0 unspecified atom stereocenters. The maximum atomic E-state index is 14.0. The van der Waals surface area contributed by atoms with Crippen molar-refractivity contribution in [2.45, 2.75) is 10.9 Å². The van der Waals surface area contributed by atoms with Crippen molar-refractivity contribution >= 4 is 15.5 Å². The molecule has 2 rings (SSSR count). The van der Waals surface area contributed by atoms with Gasteiger partial charge in [0.05, 0.1) is 5.69 Å². The molecule has 1 aromatic carbocycles. The first-order chi connectivity index (χ1) is 9.33. The van der Waals surface area contributed by atoms with Gasteiger partial charge in [0, 0.05) is 11.8 Å². The standard InChI is InChI=1S/C13H12F2N2O2S/c14-13(15,10-5-2-1-3-6-10)9-20(18,19)12-11(16)7-4-8-17-12/h1-8H,9,16H2. The molecule has 0 fully saturated rings. The quantitative estimate of drug-likeness (QED) is 0.939. The molecule has 1 heterocycles. The van der Waals surface area contributed by atoms with Crippen LogP contribution < -0.4 is 5.73 Å². The van der Waals surface area contributed by atoms with Crippen LogP contribution in [0.3, 0.4) is 0 Å². The van der Waals surface area contributed by atoms with Crippen LogP contribution in [0.1, 0.15) is 5.56 Å². The fraction of sp³-hybridized carbons (Fsp3) is 0.154. The number of alkyl halides is 2. The Morgan fingerprint density at radius 1 is 1.10 bits per heavy atom. The summed E-state index contributed by atoms with van der Waals surface area (Å²) in [6, 6.07) is 9.51. The summed E-state index contributed by atoms with van der Waals surface area (Å²) in [5.74, 6) is -4.88. The second-order valence-electron chi connectivity index (χ2n) is 4.23. The normalized spacial score (nSPS) is 12.3. The molecule has 0 aliphatic rings. The van der Waals surface area contributed by atoms with E-state index in [1.165, 1.54) is 42.6 Å². The van der Waals surface area contributed by atoms with Gasteiger partial charge in [0.1, 0.15) is 5.75 Å². The Kier molecular flexibility index (Phi) is 3.71. The van der Waals surface area contributed by atoms with Crippen LogP contribution in [0.4, 0.5) is 14.5 Å². The molecule has 0 spiro atoms. The summed E-state index contributed by atoms with van der Waals surface area (Å²) in [5.41, 5.74) is 4.97. The molecule has 0 aliphatic carbocycles. The number of rotatable bonds is 4. The lowest BCUT2D eigenvalue weighted by Crippen LogP contribution is -2.26. The van der Waals surface area contributed by atoms with E-state index in [9.17, 15) is 17.2 Å². The topological polar surface area (TPSA) is 73.0 Å². The zero-order valence-electron chi connectivity index (χ0n) is 10.3. The summed E-state index contributed by atoms with van der Waals surface area (Å²) in [6.45, 7) is 0. The number of pyridine rings is 1. The lowest BCUT2D eigenvalue weighted by molar-refractivity contribution is 0.0213. The molecule has 0 radical (unpaired) electrons. The predicted molar refractivity (Wildman–Crippen MR) is 71.0 cm³/mol. The van der Waals surface area contributed by atoms with Crippen LogP contribution >= 0.6 is 0 Å². The molecule has 0 amide bonds. The van der Waals surface area contributed by atoms with Crippen molar-refractivity contribution in [1.29, 1.82) is 0 Å². The second kappa shape index (κ2) is 5.16. The van der Waals surface area contributed by atoms with Crippen molar-refractivity contribution in [3.8, 4) is 0 Å². The van der Waals surface area contributed by atoms with Gasteiger partial charge in [0.2, 0.25) is 9.84 Å². The number of anilines is 1. The second-order valence-corrected chi connectivity index (χ2v) is 6.13. The molecule has 106 valence electrons. The number of benzene rings is 1. The highest BCUT2D eigenvalue weighted by Gasteiger charge is 2.39. The summed E-state index contributed by atoms with van der Waals surface area (Å²) in [6.07, 6.45) is 1.20. The van der Waals surface area contributed by atoms with Gasteiger partial charge in [0.15, 0.2) is 5.03 Å². The fourth-order valence-corrected chi connectivity index (χ4v) is 3.16. The molecule has 4 nitrogen and oxygen atoms in total. The summed E-state index contributed by atoms with van der Waals surface area (Å²) < 4.78 is 52.1. The number of hydrogen-bond donors (Lipinski definition) is 1. The molecule has 0 atom stereocenters. The van der Waals surface area contributed by atoms with Crippen molar-refractivity contribution in [2.75, 3.05) is 11.5 Å². The van der Waals surface area contributed by atoms with Gasteiger partial charge in [-0.25, -0.2) is 22.2 Å². The third kappa shape index (κ3) is 2.93. The summed E-state index contributed by atoms with van der Waals surface area (Å²) in [7, 11) is -4.28. The first-order valence-electron chi connectivity index (χ1n) is 5.69. The smallest absolute Gasteiger partial charge is 0.287 e. The van der Waals surface area contributed by atoms with Crippen LogP contribution in [-0.4, -0.2) is 19.2 Å². The highest BCUT2D eigenvalue weighted by Crippen LogP contribution is 2.32. The minimum atomic E-state index is -4.28. The maximum absolute atomic E-state index is 14.0. The van der Waals surface area contributed by atoms with E-state index in [1.54, 1.807) is 6.07 Å². The Hall–Kier alpha value is -2.02. The lowest BCUT2D eigenvalue weighted by atomic mass is 10.1. The molecule has 0 saturated carbocycles. The van der Waals surface area contributed by atoms with Gasteiger partial charge in [-0.15, -0.1) is 0 Å². The molecule has 1 aromatic heterocycles. The summed E-state index contributed by atoms with van der Waals surface area (Å²) >= 11 is 0. The third-order valence-corrected chi connectivity index (χ3v) is 4.34. The largest absolute Gasteiger partial charge is 0.396 e. The number of hydrogen-bond acceptors (Lipinski definition) is 4. The Balaban J connectivity index is 2.36. The fourth-order valence-electron chi connectivity index (χ4n) is 1.74. The lowest BCUT2D eigenvalue weighted by Gasteiger charge is -2.17. The number of aromatic nitrogens is 1. The first-order valence-corrected chi connectivity index (χ1v) is 7.35. The van der Waals surface area contributed by atoms with Gasteiger partial charge in [-0.3, -0.25) is 0 Å². The molecule has 0 saturated heterocycles. The van der Waals surface area contributed by atoms with E-state index < -0.39 is 26.5 Å². The van der Waals surface area contributed by atoms with Gasteiger partial charge in [-0.05, 0) is 12.1 Å². The SMILES string of the molecule is Nc1cccnc1S(=O)(=O)CC(F)(F)c1ccccc1. The van der Waals surface area contributed by atoms with Crippen LogP contribution in [-0.2, 0) is 15.8 Å². The monoisotopic (exact) mass is 298 g/mol. The van der Waals surface area contributed by atoms with Crippen LogP contribution in [0, 0.1) is 0 Å². The van der Waals surface area contributed by atoms with Crippen molar-refractivity contribution < 1.29 is 17.2 Å². The number of nitrogens with zero attached hydrogens (tertiary/aromatic N) is 1. The van der Waals surface area contributed by atoms with Gasteiger partial charge in [-0.1, -0.05) is 30.3 Å². The number of halogens is 2. The maximum Gasteiger partial charge on any atom is 0.287 e. The Morgan fingerprint density at radius 3 is 2.35 bits per heavy atom. The van der Waals surface area contributed by atoms with E-state index in [0.29, 0.717) is 0 Å². The minimum Gasteiger partial charge on any atom is -0.396 e. The molecule has 7 heteroatoms. The predicted octanol–water partition coefficient (Wildman–Crippen LogP) is 2.23. The average Bonchev–Trinajstić information content (AvgIpc) is 2.39. The van der Waals surface area contributed by atoms with E-state index in [2.05, 4.69) is 4.98 Å². The zero-order chi connectivity index (χ0) is 14.8. The molecule has 2 N–H and O–H groups in total. The van der Waals surface area contributed by atoms with Crippen LogP contribution in [0.2, 0.25) is 0 Å². The van der Waals surface area contributed by atoms with Gasteiger partial charge in [0.25, 0.3) is 5.92 Å². The Morgan fingerprint density at radius 2 is 1.75 bits per heavy atom. The number of nitrogens with two attached hydrogens (primary N) is 1. The molecule has 2 aromatic rings. The molecule has 0 aliphatic heterocycles. The highest BCUT2D eigenvalue weighted by molar-refractivity contribution is 7.91. The molecule has 0 bridgehead atoms. The zero-order valence-corrected chi connectivity index (χ0v) is 11.1. The van der Waals surface area contributed by atoms with Crippen molar-refractivity contribution in [3.63, 3.8) is 0 Å². The number of sulfone groups is 1. The van der Waals surface area contributed by atoms with Crippen molar-refractivity contribution in [3.05, 3.63) is 54.2 Å². The van der Waals surface area contributed by atoms with Gasteiger partial charge in [-0.2, -0.15) is 0 Å². The van der Waals surface area contributed by atoms with E-state index in [-0.39, 0.29) is 11.3 Å². The van der Waals surface area contributed by atoms with E-state index in [4.69, 9.17) is 5.73 Å². The van der Waals surface area contributed by atoms with Crippen molar-refractivity contribution in [1.82, 2.24) is 4.98 Å². The molecular formula is C13H12F2N2O2S. The van der Waals surface area contributed by atoms with Crippen LogP contribution in [0.25, 0.3) is 0 Å². The van der Waals surface area contributed by atoms with Crippen LogP contribution in [0.5, 0.6) is 0 Å². The van der Waals surface area contributed by atoms with E-state index >= 15 is 0 Å². The minimum absolute atomic E-state index is 0.142. The van der Waals surface area contributed by atoms with Gasteiger partial charge >= 0.3 is 0 Å². The number of nitrogen functional groups attached to an aromatic ring is 1. The Labute approximate surface area is 115 Å². The summed E-state index contributed by atoms with van der Waals surface area (Å²) in [5, 5.41) is -0.518. The van der Waals surface area contributed by atoms with E-state index in [0.717, 1.165) is 0 Å².